The van der Waals surface area contributed by atoms with Crippen molar-refractivity contribution in [3.63, 3.8) is 0 Å². The highest BCUT2D eigenvalue weighted by molar-refractivity contribution is 5.95. The molecule has 0 aliphatic carbocycles. The van der Waals surface area contributed by atoms with Gasteiger partial charge in [-0.3, -0.25) is 9.20 Å². The molecule has 0 spiro atoms. The van der Waals surface area contributed by atoms with Gasteiger partial charge in [-0.2, -0.15) is 5.10 Å². The fourth-order valence-electron chi connectivity index (χ4n) is 2.39. The fraction of sp³-hybridized carbons (Fsp3) is 0.118. The van der Waals surface area contributed by atoms with E-state index in [4.69, 9.17) is 4.74 Å². The minimum Gasteiger partial charge on any atom is -0.504 e. The number of pyridine rings is 1. The Labute approximate surface area is 138 Å². The summed E-state index contributed by atoms with van der Waals surface area (Å²) in [4.78, 5) is 16.7. The summed E-state index contributed by atoms with van der Waals surface area (Å²) in [5.41, 5.74) is 4.85. The van der Waals surface area contributed by atoms with E-state index in [2.05, 4.69) is 15.5 Å². The lowest BCUT2D eigenvalue weighted by Crippen LogP contribution is -2.20. The van der Waals surface area contributed by atoms with Gasteiger partial charge >= 0.3 is 0 Å². The number of amides is 1. The van der Waals surface area contributed by atoms with E-state index in [1.807, 2.05) is 18.2 Å². The number of imidazole rings is 1. The molecule has 3 rings (SSSR count). The van der Waals surface area contributed by atoms with Gasteiger partial charge in [0, 0.05) is 6.20 Å². The molecule has 7 nitrogen and oxygen atoms in total. The van der Waals surface area contributed by atoms with Gasteiger partial charge in [0.05, 0.1) is 19.0 Å². The molecular formula is C17H16N4O3. The number of hydrogen-bond donors (Lipinski definition) is 2. The second-order valence-corrected chi connectivity index (χ2v) is 5.11. The van der Waals surface area contributed by atoms with Crippen LogP contribution in [0.5, 0.6) is 11.5 Å². The Morgan fingerprint density at radius 2 is 2.21 bits per heavy atom. The Kier molecular flexibility index (Phi) is 4.15. The maximum Gasteiger partial charge on any atom is 0.290 e. The molecule has 0 fully saturated rings. The van der Waals surface area contributed by atoms with Crippen molar-refractivity contribution < 1.29 is 14.6 Å². The van der Waals surface area contributed by atoms with Crippen LogP contribution in [0.4, 0.5) is 0 Å². The number of aromatic nitrogens is 2. The van der Waals surface area contributed by atoms with Gasteiger partial charge in [0.1, 0.15) is 11.3 Å². The molecule has 122 valence electrons. The summed E-state index contributed by atoms with van der Waals surface area (Å²) in [5, 5.41) is 13.6. The fourth-order valence-corrected chi connectivity index (χ4v) is 2.39. The van der Waals surface area contributed by atoms with Crippen molar-refractivity contribution in [3.05, 3.63) is 59.5 Å². The van der Waals surface area contributed by atoms with Crippen LogP contribution in [0.3, 0.4) is 0 Å². The van der Waals surface area contributed by atoms with Crippen molar-refractivity contribution in [2.75, 3.05) is 7.11 Å². The first-order valence-corrected chi connectivity index (χ1v) is 7.24. The summed E-state index contributed by atoms with van der Waals surface area (Å²) < 4.78 is 6.68. The smallest absolute Gasteiger partial charge is 0.290 e. The van der Waals surface area contributed by atoms with Crippen molar-refractivity contribution in [1.82, 2.24) is 14.8 Å². The number of nitrogens with zero attached hydrogens (tertiary/aromatic N) is 3. The lowest BCUT2D eigenvalue weighted by Gasteiger charge is -2.03. The zero-order valence-electron chi connectivity index (χ0n) is 13.2. The number of phenols is 1. The molecular weight excluding hydrogens is 308 g/mol. The van der Waals surface area contributed by atoms with E-state index in [-0.39, 0.29) is 11.7 Å². The third-order valence-electron chi connectivity index (χ3n) is 3.50. The molecule has 1 amide bonds. The van der Waals surface area contributed by atoms with E-state index in [1.165, 1.54) is 19.4 Å². The van der Waals surface area contributed by atoms with Crippen LogP contribution in [0.25, 0.3) is 5.65 Å². The molecule has 0 aliphatic rings. The van der Waals surface area contributed by atoms with Gasteiger partial charge in [-0.25, -0.2) is 10.4 Å². The molecule has 24 heavy (non-hydrogen) atoms. The second kappa shape index (κ2) is 6.41. The van der Waals surface area contributed by atoms with E-state index >= 15 is 0 Å². The van der Waals surface area contributed by atoms with Gasteiger partial charge in [0.15, 0.2) is 11.5 Å². The third kappa shape index (κ3) is 2.91. The topological polar surface area (TPSA) is 88.2 Å². The lowest BCUT2D eigenvalue weighted by molar-refractivity contribution is 0.0948. The number of methoxy groups -OCH3 is 1. The van der Waals surface area contributed by atoms with Gasteiger partial charge in [0.2, 0.25) is 0 Å². The van der Waals surface area contributed by atoms with E-state index < -0.39 is 0 Å². The first-order chi connectivity index (χ1) is 11.6. The first-order valence-electron chi connectivity index (χ1n) is 7.24. The summed E-state index contributed by atoms with van der Waals surface area (Å²) in [6.45, 7) is 1.77. The largest absolute Gasteiger partial charge is 0.504 e. The molecule has 0 aliphatic heterocycles. The predicted octanol–water partition coefficient (Wildman–Crippen LogP) is 2.12. The van der Waals surface area contributed by atoms with Gasteiger partial charge in [-0.05, 0) is 42.8 Å². The molecule has 0 saturated carbocycles. The van der Waals surface area contributed by atoms with E-state index in [9.17, 15) is 9.90 Å². The maximum absolute atomic E-state index is 12.3. The lowest BCUT2D eigenvalue weighted by atomic mass is 10.2. The minimum atomic E-state index is -0.361. The number of aryl methyl sites for hydroxylation is 1. The number of rotatable bonds is 4. The summed E-state index contributed by atoms with van der Waals surface area (Å²) in [6.07, 6.45) is 3.21. The highest BCUT2D eigenvalue weighted by Gasteiger charge is 2.15. The van der Waals surface area contributed by atoms with Crippen molar-refractivity contribution >= 4 is 17.8 Å². The molecule has 7 heteroatoms. The number of phenolic OH excluding ortho intramolecular Hbond substituents is 1. The molecule has 2 N–H and O–H groups in total. The number of carbonyl (C=O) groups excluding carboxylic acids is 1. The standard InChI is InChI=1S/C17H16N4O3/c1-11-16(21-8-4-3-5-15(21)19-11)17(23)20-18-10-12-6-7-14(24-2)13(22)9-12/h3-10,22H,1-2H3,(H,20,23). The van der Waals surface area contributed by atoms with Crippen molar-refractivity contribution in [1.29, 1.82) is 0 Å². The average molecular weight is 324 g/mol. The van der Waals surface area contributed by atoms with Crippen LogP contribution in [0, 0.1) is 6.92 Å². The number of nitrogens with one attached hydrogen (secondary N) is 1. The number of hydrazone groups is 1. The van der Waals surface area contributed by atoms with Gasteiger partial charge in [-0.15, -0.1) is 0 Å². The Morgan fingerprint density at radius 3 is 2.96 bits per heavy atom. The molecule has 3 aromatic rings. The number of ether oxygens (including phenoxy) is 1. The Bertz CT molecular complexity index is 931. The van der Waals surface area contributed by atoms with Crippen LogP contribution < -0.4 is 10.2 Å². The van der Waals surface area contributed by atoms with Crippen LogP contribution in [0.1, 0.15) is 21.7 Å². The Hall–Kier alpha value is -3.35. The molecule has 2 heterocycles. The number of hydrogen-bond acceptors (Lipinski definition) is 5. The zero-order chi connectivity index (χ0) is 17.1. The van der Waals surface area contributed by atoms with Gasteiger partial charge in [0.25, 0.3) is 5.91 Å². The zero-order valence-corrected chi connectivity index (χ0v) is 13.2. The van der Waals surface area contributed by atoms with Crippen molar-refractivity contribution in [2.24, 2.45) is 5.10 Å². The Balaban J connectivity index is 1.77. The summed E-state index contributed by atoms with van der Waals surface area (Å²) in [5.74, 6) is 0.0168. The molecule has 0 atom stereocenters. The highest BCUT2D eigenvalue weighted by Crippen LogP contribution is 2.25. The van der Waals surface area contributed by atoms with Crippen molar-refractivity contribution in [2.45, 2.75) is 6.92 Å². The van der Waals surface area contributed by atoms with Crippen molar-refractivity contribution in [3.8, 4) is 11.5 Å². The number of carbonyl (C=O) groups is 1. The maximum atomic E-state index is 12.3. The van der Waals surface area contributed by atoms with Crippen LogP contribution in [0.2, 0.25) is 0 Å². The number of benzene rings is 1. The van der Waals surface area contributed by atoms with E-state index in [0.29, 0.717) is 28.3 Å². The molecule has 0 radical (unpaired) electrons. The summed E-state index contributed by atoms with van der Waals surface area (Å²) in [6, 6.07) is 10.3. The van der Waals surface area contributed by atoms with Crippen LogP contribution in [-0.4, -0.2) is 33.7 Å². The minimum absolute atomic E-state index is 0.00500. The summed E-state index contributed by atoms with van der Waals surface area (Å²) in [7, 11) is 1.47. The van der Waals surface area contributed by atoms with Gasteiger partial charge in [-0.1, -0.05) is 6.07 Å². The van der Waals surface area contributed by atoms with Gasteiger partial charge < -0.3 is 9.84 Å². The van der Waals surface area contributed by atoms with Crippen LogP contribution in [-0.2, 0) is 0 Å². The molecule has 0 saturated heterocycles. The number of aromatic hydroxyl groups is 1. The molecule has 0 unspecified atom stereocenters. The van der Waals surface area contributed by atoms with Crippen LogP contribution in [0.15, 0.2) is 47.7 Å². The average Bonchev–Trinajstić information content (AvgIpc) is 2.90. The van der Waals surface area contributed by atoms with E-state index in [0.717, 1.165) is 0 Å². The Morgan fingerprint density at radius 1 is 1.38 bits per heavy atom. The second-order valence-electron chi connectivity index (χ2n) is 5.11. The third-order valence-corrected chi connectivity index (χ3v) is 3.50. The molecule has 2 aromatic heterocycles. The van der Waals surface area contributed by atoms with Crippen LogP contribution >= 0.6 is 0 Å². The number of fused-ring (bicyclic) bond motifs is 1. The normalized spacial score (nSPS) is 11.1. The molecule has 0 bridgehead atoms. The summed E-state index contributed by atoms with van der Waals surface area (Å²) >= 11 is 0. The quantitative estimate of drug-likeness (QED) is 0.568. The monoisotopic (exact) mass is 324 g/mol. The molecule has 1 aromatic carbocycles. The predicted molar refractivity (Wildman–Crippen MR) is 89.6 cm³/mol. The highest BCUT2D eigenvalue weighted by atomic mass is 16.5. The first kappa shape index (κ1) is 15.5. The SMILES string of the molecule is COc1ccc(C=NNC(=O)c2c(C)nc3ccccn23)cc1O. The van der Waals surface area contributed by atoms with E-state index in [1.54, 1.807) is 29.7 Å².